The van der Waals surface area contributed by atoms with Crippen molar-refractivity contribution in [2.24, 2.45) is 0 Å². The van der Waals surface area contributed by atoms with E-state index in [9.17, 15) is 4.79 Å². The van der Waals surface area contributed by atoms with E-state index in [0.717, 1.165) is 11.3 Å². The fraction of sp³-hybridized carbons (Fsp3) is 0.133. The number of aryl methyl sites for hydroxylation is 1. The number of hydrogen-bond acceptors (Lipinski definition) is 8. The van der Waals surface area contributed by atoms with Gasteiger partial charge in [0.15, 0.2) is 4.96 Å². The second-order valence-corrected chi connectivity index (χ2v) is 6.75. The van der Waals surface area contributed by atoms with Gasteiger partial charge in [0, 0.05) is 35.3 Å². The van der Waals surface area contributed by atoms with E-state index in [-0.39, 0.29) is 5.56 Å². The van der Waals surface area contributed by atoms with Crippen LogP contribution in [0.25, 0.3) is 16.4 Å². The van der Waals surface area contributed by atoms with Gasteiger partial charge >= 0.3 is 0 Å². The summed E-state index contributed by atoms with van der Waals surface area (Å²) < 4.78 is 7.21. The highest BCUT2D eigenvalue weighted by Gasteiger charge is 2.11. The standard InChI is InChI=1S/C15H11N5O2S2/c1-9-7-23-14-17-11(5-12(21)20(9)14)8-24-15-19-18-13(22-15)10-3-2-4-16-6-10/h2-7H,8H2,1H3. The van der Waals surface area contributed by atoms with E-state index in [0.29, 0.717) is 27.5 Å². The molecular weight excluding hydrogens is 346 g/mol. The normalized spacial score (nSPS) is 11.2. The molecule has 24 heavy (non-hydrogen) atoms. The second kappa shape index (κ2) is 6.17. The summed E-state index contributed by atoms with van der Waals surface area (Å²) in [5.41, 5.74) is 2.28. The smallest absolute Gasteiger partial charge is 0.277 e. The molecule has 0 radical (unpaired) electrons. The minimum Gasteiger partial charge on any atom is -0.411 e. The molecule has 0 aliphatic rings. The van der Waals surface area contributed by atoms with Crippen LogP contribution in [0.1, 0.15) is 11.4 Å². The third-order valence-corrected chi connectivity index (χ3v) is 5.08. The summed E-state index contributed by atoms with van der Waals surface area (Å²) in [5, 5.41) is 10.4. The summed E-state index contributed by atoms with van der Waals surface area (Å²) in [7, 11) is 0. The number of nitrogens with zero attached hydrogens (tertiary/aromatic N) is 5. The van der Waals surface area contributed by atoms with Crippen LogP contribution >= 0.6 is 23.1 Å². The van der Waals surface area contributed by atoms with Gasteiger partial charge in [-0.3, -0.25) is 14.2 Å². The Labute approximate surface area is 144 Å². The fourth-order valence-corrected chi connectivity index (χ4v) is 3.73. The molecule has 9 heteroatoms. The maximum absolute atomic E-state index is 12.1. The van der Waals surface area contributed by atoms with Gasteiger partial charge in [-0.25, -0.2) is 4.98 Å². The summed E-state index contributed by atoms with van der Waals surface area (Å²) in [6.45, 7) is 1.89. The fourth-order valence-electron chi connectivity index (χ4n) is 2.18. The van der Waals surface area contributed by atoms with Crippen LogP contribution in [0.3, 0.4) is 0 Å². The summed E-state index contributed by atoms with van der Waals surface area (Å²) in [5.74, 6) is 0.903. The Morgan fingerprint density at radius 2 is 2.29 bits per heavy atom. The summed E-state index contributed by atoms with van der Waals surface area (Å²) in [6.07, 6.45) is 3.35. The number of thioether (sulfide) groups is 1. The third kappa shape index (κ3) is 2.83. The average Bonchev–Trinajstić information content (AvgIpc) is 3.21. The Morgan fingerprint density at radius 3 is 3.12 bits per heavy atom. The van der Waals surface area contributed by atoms with E-state index < -0.39 is 0 Å². The first-order chi connectivity index (χ1) is 11.7. The Balaban J connectivity index is 1.53. The Bertz CT molecular complexity index is 1050. The molecule has 0 atom stereocenters. The van der Waals surface area contributed by atoms with Gasteiger partial charge in [-0.05, 0) is 19.1 Å². The van der Waals surface area contributed by atoms with Crippen LogP contribution in [0, 0.1) is 6.92 Å². The molecule has 0 saturated carbocycles. The molecule has 7 nitrogen and oxygen atoms in total. The van der Waals surface area contributed by atoms with Crippen LogP contribution in [-0.2, 0) is 5.75 Å². The van der Waals surface area contributed by atoms with Gasteiger partial charge < -0.3 is 4.42 Å². The number of hydrogen-bond donors (Lipinski definition) is 0. The molecule has 4 aromatic rings. The van der Waals surface area contributed by atoms with Gasteiger partial charge in [0.25, 0.3) is 10.8 Å². The largest absolute Gasteiger partial charge is 0.411 e. The number of rotatable bonds is 4. The zero-order chi connectivity index (χ0) is 16.5. The van der Waals surface area contributed by atoms with Crippen molar-refractivity contribution in [2.45, 2.75) is 17.9 Å². The van der Waals surface area contributed by atoms with Crippen LogP contribution < -0.4 is 5.56 Å². The van der Waals surface area contributed by atoms with E-state index in [1.165, 1.54) is 29.2 Å². The van der Waals surface area contributed by atoms with Gasteiger partial charge in [-0.2, -0.15) is 0 Å². The molecule has 0 aliphatic heterocycles. The predicted molar refractivity (Wildman–Crippen MR) is 91.2 cm³/mol. The molecule has 0 aliphatic carbocycles. The SMILES string of the molecule is Cc1csc2nc(CSc3nnc(-c4cccnc4)o3)cc(=O)n12. The molecule has 0 N–H and O–H groups in total. The maximum atomic E-state index is 12.1. The lowest BCUT2D eigenvalue weighted by molar-refractivity contribution is 0.465. The van der Waals surface area contributed by atoms with E-state index in [1.54, 1.807) is 16.8 Å². The van der Waals surface area contributed by atoms with Crippen molar-refractivity contribution in [3.8, 4) is 11.5 Å². The Kier molecular flexibility index (Phi) is 3.87. The minimum atomic E-state index is -0.0732. The van der Waals surface area contributed by atoms with Crippen LogP contribution in [0.5, 0.6) is 0 Å². The molecule has 0 saturated heterocycles. The lowest BCUT2D eigenvalue weighted by atomic mass is 10.3. The topological polar surface area (TPSA) is 86.2 Å². The molecular formula is C15H11N5O2S2. The van der Waals surface area contributed by atoms with Crippen molar-refractivity contribution in [1.82, 2.24) is 24.6 Å². The first kappa shape index (κ1) is 15.0. The van der Waals surface area contributed by atoms with Crippen molar-refractivity contribution in [1.29, 1.82) is 0 Å². The molecule has 0 bridgehead atoms. The van der Waals surface area contributed by atoms with E-state index in [1.807, 2.05) is 24.4 Å². The highest BCUT2D eigenvalue weighted by molar-refractivity contribution is 7.98. The molecule has 0 spiro atoms. The van der Waals surface area contributed by atoms with Crippen LogP contribution in [0.4, 0.5) is 0 Å². The van der Waals surface area contributed by atoms with E-state index in [2.05, 4.69) is 20.2 Å². The number of fused-ring (bicyclic) bond motifs is 1. The first-order valence-electron chi connectivity index (χ1n) is 7.04. The van der Waals surface area contributed by atoms with Crippen molar-refractivity contribution in [3.63, 3.8) is 0 Å². The van der Waals surface area contributed by atoms with Crippen LogP contribution in [0.15, 0.2) is 50.4 Å². The average molecular weight is 357 g/mol. The molecule has 0 aromatic carbocycles. The van der Waals surface area contributed by atoms with Crippen molar-refractivity contribution in [2.75, 3.05) is 0 Å². The molecule has 4 rings (SSSR count). The van der Waals surface area contributed by atoms with E-state index in [4.69, 9.17) is 4.42 Å². The zero-order valence-electron chi connectivity index (χ0n) is 12.5. The monoisotopic (exact) mass is 357 g/mol. The number of thiazole rings is 1. The number of aromatic nitrogens is 5. The molecule has 0 unspecified atom stereocenters. The quantitative estimate of drug-likeness (QED) is 0.519. The molecule has 0 fully saturated rings. The van der Waals surface area contributed by atoms with Gasteiger partial charge in [-0.15, -0.1) is 21.5 Å². The van der Waals surface area contributed by atoms with Crippen molar-refractivity contribution < 1.29 is 4.42 Å². The third-order valence-electron chi connectivity index (χ3n) is 3.29. The Hall–Kier alpha value is -2.52. The van der Waals surface area contributed by atoms with Crippen molar-refractivity contribution in [3.05, 3.63) is 57.7 Å². The summed E-state index contributed by atoms with van der Waals surface area (Å²) in [4.78, 5) is 21.4. The van der Waals surface area contributed by atoms with Gasteiger partial charge in [0.2, 0.25) is 5.89 Å². The lowest BCUT2D eigenvalue weighted by Gasteiger charge is -1.99. The highest BCUT2D eigenvalue weighted by atomic mass is 32.2. The van der Waals surface area contributed by atoms with Gasteiger partial charge in [0.1, 0.15) is 0 Å². The summed E-state index contributed by atoms with van der Waals surface area (Å²) in [6, 6.07) is 5.20. The van der Waals surface area contributed by atoms with Gasteiger partial charge in [0.05, 0.1) is 11.3 Å². The van der Waals surface area contributed by atoms with E-state index >= 15 is 0 Å². The Morgan fingerprint density at radius 1 is 1.38 bits per heavy atom. The van der Waals surface area contributed by atoms with Crippen LogP contribution in [0.2, 0.25) is 0 Å². The van der Waals surface area contributed by atoms with Crippen molar-refractivity contribution >= 4 is 28.1 Å². The maximum Gasteiger partial charge on any atom is 0.277 e. The zero-order valence-corrected chi connectivity index (χ0v) is 14.2. The number of pyridine rings is 1. The molecule has 4 heterocycles. The summed E-state index contributed by atoms with van der Waals surface area (Å²) >= 11 is 2.80. The minimum absolute atomic E-state index is 0.0732. The van der Waals surface area contributed by atoms with Crippen LogP contribution in [-0.4, -0.2) is 24.6 Å². The molecule has 4 aromatic heterocycles. The highest BCUT2D eigenvalue weighted by Crippen LogP contribution is 2.25. The first-order valence-corrected chi connectivity index (χ1v) is 8.91. The molecule has 0 amide bonds. The van der Waals surface area contributed by atoms with Gasteiger partial charge in [-0.1, -0.05) is 11.8 Å². The molecule has 120 valence electrons. The lowest BCUT2D eigenvalue weighted by Crippen LogP contribution is -2.14. The second-order valence-electron chi connectivity index (χ2n) is 4.98. The predicted octanol–water partition coefficient (Wildman–Crippen LogP) is 2.80.